The lowest BCUT2D eigenvalue weighted by atomic mass is 10.1. The van der Waals surface area contributed by atoms with Gasteiger partial charge in [0, 0.05) is 37.2 Å². The third kappa shape index (κ3) is 4.15. The first-order chi connectivity index (χ1) is 11.9. The molecule has 0 spiro atoms. The smallest absolute Gasteiger partial charge is 0.225 e. The monoisotopic (exact) mass is 350 g/mol. The number of nitrogens with zero attached hydrogens (tertiary/aromatic N) is 1. The molecule has 1 saturated heterocycles. The van der Waals surface area contributed by atoms with Crippen LogP contribution in [0, 0.1) is 5.92 Å². The first kappa shape index (κ1) is 18.9. The first-order valence-corrected chi connectivity index (χ1v) is 8.27. The van der Waals surface area contributed by atoms with E-state index in [1.807, 2.05) is 13.8 Å². The summed E-state index contributed by atoms with van der Waals surface area (Å²) in [6.07, 6.45) is 0.257. The normalized spacial score (nSPS) is 17.0. The molecule has 1 atom stereocenters. The second kappa shape index (κ2) is 8.09. The average molecular weight is 350 g/mol. The van der Waals surface area contributed by atoms with Gasteiger partial charge in [0.25, 0.3) is 0 Å². The van der Waals surface area contributed by atoms with Crippen molar-refractivity contribution in [2.24, 2.45) is 5.92 Å². The molecule has 0 aromatic heterocycles. The Hall–Kier alpha value is -2.44. The molecule has 25 heavy (non-hydrogen) atoms. The molecule has 1 aromatic carbocycles. The van der Waals surface area contributed by atoms with Crippen molar-refractivity contribution >= 4 is 11.8 Å². The molecule has 2 amide bonds. The minimum atomic E-state index is -0.318. The summed E-state index contributed by atoms with van der Waals surface area (Å²) in [4.78, 5) is 26.1. The van der Waals surface area contributed by atoms with Gasteiger partial charge in [-0.05, 0) is 19.9 Å². The Morgan fingerprint density at radius 3 is 2.28 bits per heavy atom. The number of benzene rings is 1. The van der Waals surface area contributed by atoms with Crippen molar-refractivity contribution < 1.29 is 23.8 Å². The van der Waals surface area contributed by atoms with Gasteiger partial charge in [0.2, 0.25) is 11.8 Å². The van der Waals surface area contributed by atoms with Crippen molar-refractivity contribution in [2.45, 2.75) is 32.9 Å². The SMILES string of the molecule is COc1cc(OC)c(OC)cc1CNC(=O)[C@H]1CC(=O)N(C(C)C)C1. The fraction of sp³-hybridized carbons (Fsp3) is 0.556. The van der Waals surface area contributed by atoms with Gasteiger partial charge >= 0.3 is 0 Å². The molecule has 1 aliphatic heterocycles. The Kier molecular flexibility index (Phi) is 6.12. The second-order valence-corrected chi connectivity index (χ2v) is 6.28. The highest BCUT2D eigenvalue weighted by molar-refractivity contribution is 5.89. The quantitative estimate of drug-likeness (QED) is 0.808. The topological polar surface area (TPSA) is 77.1 Å². The molecule has 0 aliphatic carbocycles. The molecule has 0 saturated carbocycles. The Morgan fingerprint density at radius 2 is 1.76 bits per heavy atom. The van der Waals surface area contributed by atoms with Crippen LogP contribution in [-0.2, 0) is 16.1 Å². The molecule has 1 fully saturated rings. The number of nitrogens with one attached hydrogen (secondary N) is 1. The summed E-state index contributed by atoms with van der Waals surface area (Å²) < 4.78 is 15.9. The standard InChI is InChI=1S/C18H26N2O5/c1-11(2)20-10-13(7-17(20)21)18(22)19-9-12-6-15(24-4)16(25-5)8-14(12)23-3/h6,8,11,13H,7,9-10H2,1-5H3,(H,19,22)/t13-/m0/s1. The molecule has 1 aliphatic rings. The van der Waals surface area contributed by atoms with Gasteiger partial charge in [-0.25, -0.2) is 0 Å². The molecular weight excluding hydrogens is 324 g/mol. The van der Waals surface area contributed by atoms with E-state index in [2.05, 4.69) is 5.32 Å². The van der Waals surface area contributed by atoms with E-state index >= 15 is 0 Å². The Balaban J connectivity index is 2.06. The van der Waals surface area contributed by atoms with Crippen LogP contribution in [0.5, 0.6) is 17.2 Å². The third-order valence-electron chi connectivity index (χ3n) is 4.39. The Labute approximate surface area is 148 Å². The van der Waals surface area contributed by atoms with E-state index in [0.29, 0.717) is 23.8 Å². The van der Waals surface area contributed by atoms with E-state index in [9.17, 15) is 9.59 Å². The number of hydrogen-bond donors (Lipinski definition) is 1. The Morgan fingerprint density at radius 1 is 1.16 bits per heavy atom. The average Bonchev–Trinajstić information content (AvgIpc) is 3.00. The number of ether oxygens (including phenoxy) is 3. The second-order valence-electron chi connectivity index (χ2n) is 6.28. The highest BCUT2D eigenvalue weighted by Crippen LogP contribution is 2.34. The van der Waals surface area contributed by atoms with Crippen molar-refractivity contribution in [3.05, 3.63) is 17.7 Å². The summed E-state index contributed by atoms with van der Waals surface area (Å²) in [5.41, 5.74) is 0.776. The van der Waals surface area contributed by atoms with Crippen LogP contribution in [0.1, 0.15) is 25.8 Å². The van der Waals surface area contributed by atoms with Crippen LogP contribution in [0.15, 0.2) is 12.1 Å². The van der Waals surface area contributed by atoms with Gasteiger partial charge in [-0.2, -0.15) is 0 Å². The van der Waals surface area contributed by atoms with E-state index in [1.165, 1.54) is 0 Å². The van der Waals surface area contributed by atoms with Crippen molar-refractivity contribution in [3.8, 4) is 17.2 Å². The van der Waals surface area contributed by atoms with Gasteiger partial charge in [-0.15, -0.1) is 0 Å². The van der Waals surface area contributed by atoms with Gasteiger partial charge in [-0.1, -0.05) is 0 Å². The molecule has 1 aromatic rings. The van der Waals surface area contributed by atoms with Crippen molar-refractivity contribution in [2.75, 3.05) is 27.9 Å². The molecule has 7 nitrogen and oxygen atoms in total. The summed E-state index contributed by atoms with van der Waals surface area (Å²) in [6.45, 7) is 4.65. The van der Waals surface area contributed by atoms with Crippen LogP contribution in [0.2, 0.25) is 0 Å². The zero-order valence-electron chi connectivity index (χ0n) is 15.4. The summed E-state index contributed by atoms with van der Waals surface area (Å²) >= 11 is 0. The molecular formula is C18H26N2O5. The van der Waals surface area contributed by atoms with E-state index in [4.69, 9.17) is 14.2 Å². The number of methoxy groups -OCH3 is 3. The number of carbonyl (C=O) groups excluding carboxylic acids is 2. The predicted octanol–water partition coefficient (Wildman–Crippen LogP) is 1.59. The number of carbonyl (C=O) groups is 2. The molecule has 138 valence electrons. The van der Waals surface area contributed by atoms with Crippen LogP contribution < -0.4 is 19.5 Å². The summed E-state index contributed by atoms with van der Waals surface area (Å²) in [6, 6.07) is 3.61. The number of hydrogen-bond acceptors (Lipinski definition) is 5. The molecule has 0 radical (unpaired) electrons. The van der Waals surface area contributed by atoms with Gasteiger partial charge in [0.15, 0.2) is 11.5 Å². The predicted molar refractivity (Wildman–Crippen MR) is 92.9 cm³/mol. The first-order valence-electron chi connectivity index (χ1n) is 8.27. The number of likely N-dealkylation sites (tertiary alicyclic amines) is 1. The van der Waals surface area contributed by atoms with Crippen LogP contribution in [-0.4, -0.2) is 50.6 Å². The summed E-state index contributed by atoms with van der Waals surface area (Å²) in [5.74, 6) is 1.30. The molecule has 0 bridgehead atoms. The highest BCUT2D eigenvalue weighted by atomic mass is 16.5. The zero-order chi connectivity index (χ0) is 18.6. The summed E-state index contributed by atoms with van der Waals surface area (Å²) in [5, 5.41) is 2.89. The van der Waals surface area contributed by atoms with E-state index in [-0.39, 0.29) is 36.7 Å². The van der Waals surface area contributed by atoms with Gasteiger partial charge < -0.3 is 24.4 Å². The van der Waals surface area contributed by atoms with E-state index < -0.39 is 0 Å². The zero-order valence-corrected chi connectivity index (χ0v) is 15.4. The lowest BCUT2D eigenvalue weighted by Crippen LogP contribution is -2.35. The summed E-state index contributed by atoms with van der Waals surface area (Å²) in [7, 11) is 4.66. The minimum absolute atomic E-state index is 0.0267. The molecule has 1 heterocycles. The highest BCUT2D eigenvalue weighted by Gasteiger charge is 2.35. The van der Waals surface area contributed by atoms with Crippen molar-refractivity contribution in [3.63, 3.8) is 0 Å². The van der Waals surface area contributed by atoms with Crippen LogP contribution in [0.3, 0.4) is 0 Å². The van der Waals surface area contributed by atoms with Gasteiger partial charge in [0.05, 0.1) is 27.2 Å². The maximum Gasteiger partial charge on any atom is 0.225 e. The molecule has 0 unspecified atom stereocenters. The van der Waals surface area contributed by atoms with Crippen molar-refractivity contribution in [1.82, 2.24) is 10.2 Å². The van der Waals surface area contributed by atoms with Gasteiger partial charge in [-0.3, -0.25) is 9.59 Å². The fourth-order valence-corrected chi connectivity index (χ4v) is 2.96. The molecule has 7 heteroatoms. The van der Waals surface area contributed by atoms with Crippen LogP contribution >= 0.6 is 0 Å². The van der Waals surface area contributed by atoms with Crippen molar-refractivity contribution in [1.29, 1.82) is 0 Å². The maximum atomic E-state index is 12.4. The van der Waals surface area contributed by atoms with E-state index in [0.717, 1.165) is 5.56 Å². The molecule has 2 rings (SSSR count). The lowest BCUT2D eigenvalue weighted by molar-refractivity contribution is -0.130. The fourth-order valence-electron chi connectivity index (χ4n) is 2.96. The van der Waals surface area contributed by atoms with E-state index in [1.54, 1.807) is 38.4 Å². The number of amides is 2. The Bertz CT molecular complexity index is 645. The van der Waals surface area contributed by atoms with Crippen LogP contribution in [0.25, 0.3) is 0 Å². The van der Waals surface area contributed by atoms with Crippen LogP contribution in [0.4, 0.5) is 0 Å². The largest absolute Gasteiger partial charge is 0.496 e. The minimum Gasteiger partial charge on any atom is -0.496 e. The van der Waals surface area contributed by atoms with Gasteiger partial charge in [0.1, 0.15) is 5.75 Å². The third-order valence-corrected chi connectivity index (χ3v) is 4.39. The number of rotatable bonds is 7. The lowest BCUT2D eigenvalue weighted by Gasteiger charge is -2.20. The maximum absolute atomic E-state index is 12.4. The molecule has 1 N–H and O–H groups in total.